The zero-order valence-electron chi connectivity index (χ0n) is 10.3. The zero-order chi connectivity index (χ0) is 12.1. The molecule has 0 aromatic heterocycles. The van der Waals surface area contributed by atoms with E-state index < -0.39 is 0 Å². The number of hydrogen-bond acceptors (Lipinski definition) is 4. The summed E-state index contributed by atoms with van der Waals surface area (Å²) in [6.45, 7) is 3.89. The van der Waals surface area contributed by atoms with Gasteiger partial charge in [-0.15, -0.1) is 0 Å². The Morgan fingerprint density at radius 2 is 2.18 bits per heavy atom. The van der Waals surface area contributed by atoms with Crippen LogP contribution in [0.3, 0.4) is 0 Å². The van der Waals surface area contributed by atoms with E-state index >= 15 is 0 Å². The van der Waals surface area contributed by atoms with Gasteiger partial charge >= 0.3 is 0 Å². The highest BCUT2D eigenvalue weighted by Crippen LogP contribution is 2.18. The highest BCUT2D eigenvalue weighted by Gasteiger charge is 2.21. The topological polar surface area (TPSA) is 42.8 Å². The van der Waals surface area contributed by atoms with E-state index in [1.54, 1.807) is 7.11 Å². The number of nitrogens with one attached hydrogen (secondary N) is 1. The molecule has 0 aliphatic carbocycles. The largest absolute Gasteiger partial charge is 0.497 e. The van der Waals surface area contributed by atoms with Crippen LogP contribution < -0.4 is 10.1 Å². The third-order valence-electron chi connectivity index (χ3n) is 2.78. The van der Waals surface area contributed by atoms with E-state index in [2.05, 4.69) is 17.4 Å². The first-order valence-corrected chi connectivity index (χ1v) is 5.91. The molecule has 1 atom stereocenters. The normalized spacial score (nSPS) is 18.7. The van der Waals surface area contributed by atoms with Gasteiger partial charge in [-0.1, -0.05) is 12.1 Å². The van der Waals surface area contributed by atoms with Gasteiger partial charge in [0.1, 0.15) is 11.9 Å². The van der Waals surface area contributed by atoms with Crippen molar-refractivity contribution in [3.63, 3.8) is 0 Å². The van der Waals surface area contributed by atoms with Gasteiger partial charge in [0, 0.05) is 13.0 Å². The summed E-state index contributed by atoms with van der Waals surface area (Å²) < 4.78 is 5.12. The fourth-order valence-corrected chi connectivity index (χ4v) is 1.80. The summed E-state index contributed by atoms with van der Waals surface area (Å²) in [6.07, 6.45) is 1.02. The van der Waals surface area contributed by atoms with Crippen molar-refractivity contribution in [2.45, 2.75) is 19.4 Å². The number of hydrogen-bond donors (Lipinski definition) is 1. The minimum atomic E-state index is 0.159. The molecule has 1 aliphatic heterocycles. The van der Waals surface area contributed by atoms with Crippen molar-refractivity contribution in [3.05, 3.63) is 29.8 Å². The summed E-state index contributed by atoms with van der Waals surface area (Å²) in [5.41, 5.74) is 2.11. The van der Waals surface area contributed by atoms with Gasteiger partial charge in [-0.25, -0.2) is 0 Å². The summed E-state index contributed by atoms with van der Waals surface area (Å²) >= 11 is 0. The van der Waals surface area contributed by atoms with Crippen LogP contribution in [0.15, 0.2) is 29.4 Å². The summed E-state index contributed by atoms with van der Waals surface area (Å²) in [6, 6.07) is 7.90. The first-order valence-electron chi connectivity index (χ1n) is 5.91. The molecule has 1 aliphatic rings. The molecule has 0 fully saturated rings. The van der Waals surface area contributed by atoms with E-state index in [1.165, 1.54) is 0 Å². The first kappa shape index (κ1) is 11.9. The minimum Gasteiger partial charge on any atom is -0.497 e. The smallest absolute Gasteiger partial charge is 0.145 e. The second kappa shape index (κ2) is 5.68. The average molecular weight is 234 g/mol. The molecule has 0 radical (unpaired) electrons. The van der Waals surface area contributed by atoms with E-state index in [9.17, 15) is 0 Å². The highest BCUT2D eigenvalue weighted by atomic mass is 16.6. The molecular weight excluding hydrogens is 216 g/mol. The van der Waals surface area contributed by atoms with Gasteiger partial charge in [0.15, 0.2) is 0 Å². The zero-order valence-corrected chi connectivity index (χ0v) is 10.3. The van der Waals surface area contributed by atoms with Crippen molar-refractivity contribution in [2.24, 2.45) is 5.16 Å². The molecule has 4 heteroatoms. The van der Waals surface area contributed by atoms with Crippen LogP contribution in [-0.4, -0.2) is 32.0 Å². The third kappa shape index (κ3) is 2.97. The summed E-state index contributed by atoms with van der Waals surface area (Å²) in [5, 5.41) is 7.39. The Labute approximate surface area is 102 Å². The summed E-state index contributed by atoms with van der Waals surface area (Å²) in [4.78, 5) is 5.37. The molecular formula is C13H18N2O2. The van der Waals surface area contributed by atoms with Crippen molar-refractivity contribution in [1.82, 2.24) is 5.32 Å². The summed E-state index contributed by atoms with van der Waals surface area (Å²) in [5.74, 6) is 0.859. The fourth-order valence-electron chi connectivity index (χ4n) is 1.80. The Balaban J connectivity index is 1.95. The Hall–Kier alpha value is -1.55. The molecule has 0 spiro atoms. The predicted molar refractivity (Wildman–Crippen MR) is 67.6 cm³/mol. The van der Waals surface area contributed by atoms with E-state index in [0.717, 1.165) is 36.5 Å². The minimum absolute atomic E-state index is 0.159. The van der Waals surface area contributed by atoms with Gasteiger partial charge in [-0.2, -0.15) is 0 Å². The van der Waals surface area contributed by atoms with Gasteiger partial charge in [0.25, 0.3) is 0 Å². The quantitative estimate of drug-likeness (QED) is 0.844. The van der Waals surface area contributed by atoms with Crippen LogP contribution in [0.5, 0.6) is 5.75 Å². The van der Waals surface area contributed by atoms with Crippen molar-refractivity contribution in [2.75, 3.05) is 20.2 Å². The van der Waals surface area contributed by atoms with Crippen molar-refractivity contribution < 1.29 is 9.57 Å². The van der Waals surface area contributed by atoms with Crippen LogP contribution in [0.4, 0.5) is 0 Å². The van der Waals surface area contributed by atoms with E-state index in [0.29, 0.717) is 0 Å². The molecule has 1 unspecified atom stereocenters. The Bertz CT molecular complexity index is 387. The Morgan fingerprint density at radius 1 is 1.41 bits per heavy atom. The third-order valence-corrected chi connectivity index (χ3v) is 2.78. The van der Waals surface area contributed by atoms with E-state index in [1.807, 2.05) is 24.3 Å². The number of benzene rings is 1. The van der Waals surface area contributed by atoms with Gasteiger partial charge in [-0.05, 0) is 36.4 Å². The molecule has 1 N–H and O–H groups in total. The van der Waals surface area contributed by atoms with Crippen molar-refractivity contribution in [3.8, 4) is 5.75 Å². The lowest BCUT2D eigenvalue weighted by atomic mass is 10.0. The molecule has 2 rings (SSSR count). The van der Waals surface area contributed by atoms with Gasteiger partial charge in [-0.3, -0.25) is 0 Å². The van der Waals surface area contributed by atoms with Crippen LogP contribution in [0, 0.1) is 0 Å². The predicted octanol–water partition coefficient (Wildman–Crippen LogP) is 1.80. The number of oxime groups is 1. The lowest BCUT2D eigenvalue weighted by Crippen LogP contribution is -2.26. The maximum atomic E-state index is 5.37. The second-order valence-corrected chi connectivity index (χ2v) is 4.01. The number of ether oxygens (including phenoxy) is 1. The van der Waals surface area contributed by atoms with Crippen LogP contribution in [0.2, 0.25) is 0 Å². The molecule has 1 heterocycles. The lowest BCUT2D eigenvalue weighted by molar-refractivity contribution is 0.0855. The maximum absolute atomic E-state index is 5.37. The van der Waals surface area contributed by atoms with Crippen LogP contribution in [0.1, 0.15) is 18.9 Å². The van der Waals surface area contributed by atoms with Crippen LogP contribution in [-0.2, 0) is 4.84 Å². The molecule has 0 bridgehead atoms. The number of rotatable bonds is 5. The maximum Gasteiger partial charge on any atom is 0.145 e. The van der Waals surface area contributed by atoms with Crippen molar-refractivity contribution >= 4 is 5.71 Å². The second-order valence-electron chi connectivity index (χ2n) is 4.01. The van der Waals surface area contributed by atoms with Crippen molar-refractivity contribution in [1.29, 1.82) is 0 Å². The summed E-state index contributed by atoms with van der Waals surface area (Å²) in [7, 11) is 1.66. The molecule has 4 nitrogen and oxygen atoms in total. The number of nitrogens with zero attached hydrogens (tertiary/aromatic N) is 1. The highest BCUT2D eigenvalue weighted by molar-refractivity contribution is 6.01. The molecule has 1 aromatic carbocycles. The molecule has 0 saturated heterocycles. The lowest BCUT2D eigenvalue weighted by Gasteiger charge is -2.07. The molecule has 1 aromatic rings. The standard InChI is InChI=1S/C13H18N2O2/c1-3-14-9-12-8-13(15-17-12)10-4-6-11(16-2)7-5-10/h4-7,12,14H,3,8-9H2,1-2H3. The SMILES string of the molecule is CCNCC1CC(c2ccc(OC)cc2)=NO1. The van der Waals surface area contributed by atoms with Gasteiger partial charge in [0.05, 0.1) is 12.8 Å². The Kier molecular flexibility index (Phi) is 3.98. The Morgan fingerprint density at radius 3 is 2.82 bits per heavy atom. The number of methoxy groups -OCH3 is 1. The average Bonchev–Trinajstić information content (AvgIpc) is 2.85. The molecule has 92 valence electrons. The fraction of sp³-hybridized carbons (Fsp3) is 0.462. The molecule has 0 amide bonds. The van der Waals surface area contributed by atoms with E-state index in [4.69, 9.17) is 9.57 Å². The number of likely N-dealkylation sites (N-methyl/N-ethyl adjacent to an activating group) is 1. The van der Waals surface area contributed by atoms with Crippen LogP contribution in [0.25, 0.3) is 0 Å². The van der Waals surface area contributed by atoms with Gasteiger partial charge < -0.3 is 14.9 Å². The molecule has 0 saturated carbocycles. The van der Waals surface area contributed by atoms with E-state index in [-0.39, 0.29) is 6.10 Å². The first-order chi connectivity index (χ1) is 8.33. The monoisotopic (exact) mass is 234 g/mol. The molecule has 17 heavy (non-hydrogen) atoms. The van der Waals surface area contributed by atoms with Gasteiger partial charge in [0.2, 0.25) is 0 Å². The van der Waals surface area contributed by atoms with Crippen LogP contribution >= 0.6 is 0 Å².